The maximum Gasteiger partial charge on any atom is 0.492 e. The molecule has 0 aromatic heterocycles. The fourth-order valence-electron chi connectivity index (χ4n) is 1.10. The molecule has 0 rings (SSSR count). The SMILES string of the molecule is CN(C)CCCN(C)C[B-](F)(F)F. The summed E-state index contributed by atoms with van der Waals surface area (Å²) in [6, 6.07) is 0. The summed E-state index contributed by atoms with van der Waals surface area (Å²) in [5.41, 5.74) is 0. The zero-order valence-electron chi connectivity index (χ0n) is 8.43. The van der Waals surface area contributed by atoms with Crippen molar-refractivity contribution in [3.8, 4) is 0 Å². The Bertz CT molecular complexity index is 138. The zero-order chi connectivity index (χ0) is 10.5. The standard InChI is InChI=1S/C7H17BF3N2/c1-12(2)5-4-6-13(3)7-8(9,10)11/h4-7H2,1-3H3/q-1. The molecule has 0 aliphatic heterocycles. The first-order valence-electron chi connectivity index (χ1n) is 4.35. The van der Waals surface area contributed by atoms with Crippen LogP contribution in [0.2, 0.25) is 0 Å². The molecule has 0 heterocycles. The Labute approximate surface area is 77.8 Å². The molecule has 0 fully saturated rings. The zero-order valence-corrected chi connectivity index (χ0v) is 8.43. The minimum atomic E-state index is -4.67. The Morgan fingerprint density at radius 2 is 1.54 bits per heavy atom. The molecular formula is C7H17BF3N2-. The van der Waals surface area contributed by atoms with Gasteiger partial charge in [0.2, 0.25) is 0 Å². The van der Waals surface area contributed by atoms with Gasteiger partial charge in [-0.2, -0.15) is 0 Å². The fraction of sp³-hybridized carbons (Fsp3) is 1.00. The maximum absolute atomic E-state index is 11.9. The summed E-state index contributed by atoms with van der Waals surface area (Å²) in [7, 11) is 5.33. The minimum absolute atomic E-state index is 0.499. The van der Waals surface area contributed by atoms with Crippen LogP contribution in [0.3, 0.4) is 0 Å². The Morgan fingerprint density at radius 3 is 1.92 bits per heavy atom. The quantitative estimate of drug-likeness (QED) is 0.591. The molecule has 6 heteroatoms. The van der Waals surface area contributed by atoms with Gasteiger partial charge in [-0.25, -0.2) is 0 Å². The summed E-state index contributed by atoms with van der Waals surface area (Å²) in [6.07, 6.45) is 0.0170. The smallest absolute Gasteiger partial charge is 0.448 e. The van der Waals surface area contributed by atoms with Crippen LogP contribution in [0.5, 0.6) is 0 Å². The van der Waals surface area contributed by atoms with Crippen LogP contribution in [0.15, 0.2) is 0 Å². The topological polar surface area (TPSA) is 6.48 Å². The third-order valence-corrected chi connectivity index (χ3v) is 1.66. The molecule has 0 saturated carbocycles. The lowest BCUT2D eigenvalue weighted by Gasteiger charge is -2.23. The molecule has 0 atom stereocenters. The van der Waals surface area contributed by atoms with E-state index >= 15 is 0 Å². The van der Waals surface area contributed by atoms with Crippen LogP contribution >= 0.6 is 0 Å². The number of hydrogen-bond acceptors (Lipinski definition) is 2. The van der Waals surface area contributed by atoms with E-state index in [-0.39, 0.29) is 0 Å². The van der Waals surface area contributed by atoms with Gasteiger partial charge in [0.15, 0.2) is 0 Å². The molecule has 0 aliphatic carbocycles. The molecule has 80 valence electrons. The van der Waals surface area contributed by atoms with Gasteiger partial charge in [0, 0.05) is 0 Å². The second-order valence-corrected chi connectivity index (χ2v) is 3.63. The van der Waals surface area contributed by atoms with Gasteiger partial charge in [-0.05, 0) is 47.1 Å². The number of rotatable bonds is 6. The number of hydrogen-bond donors (Lipinski definition) is 0. The molecule has 0 spiro atoms. The van der Waals surface area contributed by atoms with Crippen molar-refractivity contribution in [1.82, 2.24) is 9.80 Å². The summed E-state index contributed by atoms with van der Waals surface area (Å²) in [4.78, 5) is 3.29. The highest BCUT2D eigenvalue weighted by molar-refractivity contribution is 6.58. The van der Waals surface area contributed by atoms with Crippen molar-refractivity contribution in [3.63, 3.8) is 0 Å². The maximum atomic E-state index is 11.9. The number of nitrogens with zero attached hydrogens (tertiary/aromatic N) is 2. The van der Waals surface area contributed by atoms with Gasteiger partial charge in [0.1, 0.15) is 0 Å². The van der Waals surface area contributed by atoms with E-state index in [1.165, 1.54) is 11.9 Å². The lowest BCUT2D eigenvalue weighted by Crippen LogP contribution is -2.36. The van der Waals surface area contributed by atoms with Crippen molar-refractivity contribution in [2.24, 2.45) is 0 Å². The van der Waals surface area contributed by atoms with Crippen molar-refractivity contribution in [1.29, 1.82) is 0 Å². The van der Waals surface area contributed by atoms with Crippen LogP contribution in [-0.2, 0) is 0 Å². The average Bonchev–Trinajstić information content (AvgIpc) is 1.81. The summed E-state index contributed by atoms with van der Waals surface area (Å²) >= 11 is 0. The van der Waals surface area contributed by atoms with E-state index in [0.717, 1.165) is 13.0 Å². The predicted octanol–water partition coefficient (Wildman–Crippen LogP) is 1.26. The minimum Gasteiger partial charge on any atom is -0.448 e. The van der Waals surface area contributed by atoms with Crippen LogP contribution in [0.4, 0.5) is 12.9 Å². The Kier molecular flexibility index (Phi) is 5.40. The second-order valence-electron chi connectivity index (χ2n) is 3.63. The van der Waals surface area contributed by atoms with E-state index in [1.54, 1.807) is 0 Å². The lowest BCUT2D eigenvalue weighted by molar-refractivity contribution is 0.301. The molecule has 0 aromatic rings. The van der Waals surface area contributed by atoms with Crippen LogP contribution < -0.4 is 0 Å². The van der Waals surface area contributed by atoms with E-state index in [1.807, 2.05) is 19.0 Å². The fourth-order valence-corrected chi connectivity index (χ4v) is 1.10. The average molecular weight is 197 g/mol. The van der Waals surface area contributed by atoms with Crippen LogP contribution in [0, 0.1) is 0 Å². The Morgan fingerprint density at radius 1 is 1.00 bits per heavy atom. The van der Waals surface area contributed by atoms with Crippen molar-refractivity contribution in [3.05, 3.63) is 0 Å². The summed E-state index contributed by atoms with van der Waals surface area (Å²) < 4.78 is 35.7. The van der Waals surface area contributed by atoms with Gasteiger partial charge in [-0.3, -0.25) is 0 Å². The van der Waals surface area contributed by atoms with Gasteiger partial charge in [0.25, 0.3) is 0 Å². The monoisotopic (exact) mass is 197 g/mol. The lowest BCUT2D eigenvalue weighted by atomic mass is 9.91. The largest absolute Gasteiger partial charge is 0.492 e. The summed E-state index contributed by atoms with van der Waals surface area (Å²) in [5.74, 6) is 0. The Hall–Kier alpha value is -0.225. The number of halogens is 3. The van der Waals surface area contributed by atoms with Crippen LogP contribution in [0.1, 0.15) is 6.42 Å². The molecule has 0 radical (unpaired) electrons. The summed E-state index contributed by atoms with van der Waals surface area (Å²) in [6.45, 7) is -3.34. The van der Waals surface area contributed by atoms with Crippen LogP contribution in [-0.4, -0.2) is 57.5 Å². The van der Waals surface area contributed by atoms with E-state index in [2.05, 4.69) is 0 Å². The highest BCUT2D eigenvalue weighted by Crippen LogP contribution is 2.09. The highest BCUT2D eigenvalue weighted by Gasteiger charge is 2.24. The molecule has 0 saturated heterocycles. The van der Waals surface area contributed by atoms with Crippen molar-refractivity contribution < 1.29 is 12.9 Å². The first kappa shape index (κ1) is 12.8. The van der Waals surface area contributed by atoms with E-state index in [9.17, 15) is 12.9 Å². The van der Waals surface area contributed by atoms with E-state index in [0.29, 0.717) is 6.54 Å². The third kappa shape index (κ3) is 9.69. The molecule has 0 amide bonds. The van der Waals surface area contributed by atoms with E-state index in [4.69, 9.17) is 0 Å². The first-order chi connectivity index (χ1) is 5.81. The third-order valence-electron chi connectivity index (χ3n) is 1.66. The Balaban J connectivity index is 3.46. The van der Waals surface area contributed by atoms with Crippen molar-refractivity contribution >= 4 is 6.98 Å². The molecule has 13 heavy (non-hydrogen) atoms. The molecule has 0 aliphatic rings. The predicted molar refractivity (Wildman–Crippen MR) is 49.7 cm³/mol. The van der Waals surface area contributed by atoms with Gasteiger partial charge < -0.3 is 22.7 Å². The molecule has 0 bridgehead atoms. The van der Waals surface area contributed by atoms with Gasteiger partial charge in [-0.1, -0.05) is 0 Å². The van der Waals surface area contributed by atoms with Gasteiger partial charge >= 0.3 is 6.98 Å². The highest BCUT2D eigenvalue weighted by atomic mass is 19.4. The van der Waals surface area contributed by atoms with Crippen molar-refractivity contribution in [2.75, 3.05) is 40.7 Å². The molecule has 2 nitrogen and oxygen atoms in total. The van der Waals surface area contributed by atoms with Crippen molar-refractivity contribution in [2.45, 2.75) is 6.42 Å². The van der Waals surface area contributed by atoms with E-state index < -0.39 is 13.4 Å². The molecular weight excluding hydrogens is 180 g/mol. The molecule has 0 N–H and O–H groups in total. The van der Waals surface area contributed by atoms with Crippen LogP contribution in [0.25, 0.3) is 0 Å². The van der Waals surface area contributed by atoms with Gasteiger partial charge in [0.05, 0.1) is 0 Å². The molecule has 0 aromatic carbocycles. The second kappa shape index (κ2) is 5.49. The first-order valence-corrected chi connectivity index (χ1v) is 4.35. The van der Waals surface area contributed by atoms with Gasteiger partial charge in [-0.15, -0.1) is 0 Å². The molecule has 0 unspecified atom stereocenters. The normalized spacial score (nSPS) is 12.9. The summed E-state index contributed by atoms with van der Waals surface area (Å²) in [5, 5.41) is 0.